The van der Waals surface area contributed by atoms with Crippen molar-refractivity contribution < 1.29 is 0 Å². The van der Waals surface area contributed by atoms with Gasteiger partial charge >= 0.3 is 0 Å². The van der Waals surface area contributed by atoms with Crippen molar-refractivity contribution in [1.82, 2.24) is 15.0 Å². The molecule has 47 heavy (non-hydrogen) atoms. The number of thiophene rings is 1. The van der Waals surface area contributed by atoms with Gasteiger partial charge in [0.2, 0.25) is 0 Å². The van der Waals surface area contributed by atoms with Crippen LogP contribution < -0.4 is 0 Å². The van der Waals surface area contributed by atoms with Gasteiger partial charge in [0.25, 0.3) is 0 Å². The van der Waals surface area contributed by atoms with Crippen molar-refractivity contribution in [2.45, 2.75) is 0 Å². The second kappa shape index (κ2) is 10.3. The molecule has 218 valence electrons. The summed E-state index contributed by atoms with van der Waals surface area (Å²) < 4.78 is 2.58. The van der Waals surface area contributed by atoms with Crippen LogP contribution in [0.25, 0.3) is 97.4 Å². The summed E-state index contributed by atoms with van der Waals surface area (Å²) in [6.45, 7) is 0. The minimum atomic E-state index is 0.661. The summed E-state index contributed by atoms with van der Waals surface area (Å²) in [5.74, 6) is 1.99. The van der Waals surface area contributed by atoms with E-state index >= 15 is 0 Å². The van der Waals surface area contributed by atoms with E-state index in [2.05, 4.69) is 133 Å². The number of rotatable bonds is 3. The van der Waals surface area contributed by atoms with Crippen LogP contribution in [0.3, 0.4) is 0 Å². The molecule has 0 atom stereocenters. The number of aromatic nitrogens is 3. The predicted octanol–water partition coefficient (Wildman–Crippen LogP) is 11.9. The van der Waals surface area contributed by atoms with Gasteiger partial charge < -0.3 is 0 Å². The van der Waals surface area contributed by atoms with E-state index in [0.29, 0.717) is 17.5 Å². The molecule has 8 aromatic carbocycles. The van der Waals surface area contributed by atoms with Crippen LogP contribution in [0.5, 0.6) is 0 Å². The lowest BCUT2D eigenvalue weighted by atomic mass is 9.93. The molecule has 2 heterocycles. The minimum Gasteiger partial charge on any atom is -0.208 e. The van der Waals surface area contributed by atoms with Crippen LogP contribution in [-0.2, 0) is 0 Å². The second-order valence-corrected chi connectivity index (χ2v) is 13.1. The van der Waals surface area contributed by atoms with E-state index in [0.717, 1.165) is 32.8 Å². The number of benzene rings is 8. The zero-order chi connectivity index (χ0) is 30.9. The molecule has 2 aromatic heterocycles. The first kappa shape index (κ1) is 26.3. The van der Waals surface area contributed by atoms with Gasteiger partial charge in [0, 0.05) is 36.9 Å². The summed E-state index contributed by atoms with van der Waals surface area (Å²) in [4.78, 5) is 15.4. The molecule has 0 fully saturated rings. The maximum atomic E-state index is 5.21. The average Bonchev–Trinajstić information content (AvgIpc) is 3.51. The molecule has 3 nitrogen and oxygen atoms in total. The average molecular weight is 616 g/mol. The highest BCUT2D eigenvalue weighted by Gasteiger charge is 2.19. The third kappa shape index (κ3) is 4.23. The number of fused-ring (bicyclic) bond motifs is 9. The van der Waals surface area contributed by atoms with Gasteiger partial charge in [0.1, 0.15) is 0 Å². The summed E-state index contributed by atoms with van der Waals surface area (Å²) >= 11 is 1.86. The van der Waals surface area contributed by atoms with Crippen molar-refractivity contribution >= 4 is 74.6 Å². The molecular formula is C43H25N3S. The first-order chi connectivity index (χ1) is 23.3. The molecule has 0 radical (unpaired) electrons. The van der Waals surface area contributed by atoms with Gasteiger partial charge in [-0.1, -0.05) is 121 Å². The Balaban J connectivity index is 1.30. The molecule has 0 N–H and O–H groups in total. The van der Waals surface area contributed by atoms with E-state index in [-0.39, 0.29) is 0 Å². The molecule has 0 aliphatic heterocycles. The van der Waals surface area contributed by atoms with Crippen molar-refractivity contribution in [3.63, 3.8) is 0 Å². The normalized spacial score (nSPS) is 11.8. The lowest BCUT2D eigenvalue weighted by Crippen LogP contribution is -2.01. The van der Waals surface area contributed by atoms with E-state index in [4.69, 9.17) is 15.0 Å². The number of nitrogens with zero attached hydrogens (tertiary/aromatic N) is 3. The van der Waals surface area contributed by atoms with Crippen LogP contribution in [0.2, 0.25) is 0 Å². The van der Waals surface area contributed by atoms with E-state index in [9.17, 15) is 0 Å². The first-order valence-corrected chi connectivity index (χ1v) is 16.6. The van der Waals surface area contributed by atoms with Crippen molar-refractivity contribution in [3.8, 4) is 34.2 Å². The van der Waals surface area contributed by atoms with Crippen LogP contribution in [0, 0.1) is 0 Å². The molecule has 0 saturated carbocycles. The molecule has 0 aliphatic rings. The molecule has 0 saturated heterocycles. The first-order valence-electron chi connectivity index (χ1n) is 15.8. The Labute approximate surface area is 274 Å². The molecule has 4 heteroatoms. The maximum absolute atomic E-state index is 5.21. The predicted molar refractivity (Wildman–Crippen MR) is 199 cm³/mol. The van der Waals surface area contributed by atoms with Gasteiger partial charge in [-0.25, -0.2) is 15.0 Å². The highest BCUT2D eigenvalue weighted by Crippen LogP contribution is 2.45. The zero-order valence-electron chi connectivity index (χ0n) is 25.2. The summed E-state index contributed by atoms with van der Waals surface area (Å²) in [6, 6.07) is 53.8. The monoisotopic (exact) mass is 615 g/mol. The smallest absolute Gasteiger partial charge is 0.164 e. The van der Waals surface area contributed by atoms with Crippen LogP contribution in [0.4, 0.5) is 0 Å². The Bertz CT molecular complexity index is 2850. The Morgan fingerprint density at radius 1 is 0.340 bits per heavy atom. The van der Waals surface area contributed by atoms with Gasteiger partial charge in [0.15, 0.2) is 17.5 Å². The quantitative estimate of drug-likeness (QED) is 0.186. The van der Waals surface area contributed by atoms with Crippen molar-refractivity contribution in [3.05, 3.63) is 152 Å². The molecule has 0 amide bonds. The molecule has 0 bridgehead atoms. The van der Waals surface area contributed by atoms with Crippen LogP contribution in [-0.4, -0.2) is 15.0 Å². The third-order valence-corrected chi connectivity index (χ3v) is 10.4. The maximum Gasteiger partial charge on any atom is 0.164 e. The SMILES string of the molecule is c1ccc(-c2nc(-c3ccc4ccccc4c3)nc(-c3cc4ccccc4c4c3ccc3sc5cc6ccccc6cc5c34)n2)cc1. The summed E-state index contributed by atoms with van der Waals surface area (Å²) in [5.41, 5.74) is 2.93. The Hall–Kier alpha value is -5.97. The van der Waals surface area contributed by atoms with E-state index in [1.807, 2.05) is 29.5 Å². The van der Waals surface area contributed by atoms with Crippen LogP contribution in [0.15, 0.2) is 152 Å². The highest BCUT2D eigenvalue weighted by atomic mass is 32.1. The lowest BCUT2D eigenvalue weighted by Gasteiger charge is -2.14. The van der Waals surface area contributed by atoms with Gasteiger partial charge in [-0.3, -0.25) is 0 Å². The Morgan fingerprint density at radius 2 is 0.979 bits per heavy atom. The van der Waals surface area contributed by atoms with Crippen LogP contribution >= 0.6 is 11.3 Å². The standard InChI is InChI=1S/C43H25N3S/c1-2-11-27(12-3-1)41-44-42(32-19-18-26-10-4-5-13-28(26)22-32)46-43(45-41)35-24-31-16-8-9-17-33(31)39-34(35)20-21-37-40(39)36-23-29-14-6-7-15-30(29)25-38(36)47-37/h1-25H. The molecule has 0 unspecified atom stereocenters. The Morgan fingerprint density at radius 3 is 1.79 bits per heavy atom. The van der Waals surface area contributed by atoms with Crippen LogP contribution in [0.1, 0.15) is 0 Å². The summed E-state index contributed by atoms with van der Waals surface area (Å²) in [7, 11) is 0. The topological polar surface area (TPSA) is 38.7 Å². The molecular weight excluding hydrogens is 591 g/mol. The fraction of sp³-hybridized carbons (Fsp3) is 0. The van der Waals surface area contributed by atoms with Gasteiger partial charge in [-0.05, 0) is 73.4 Å². The lowest BCUT2D eigenvalue weighted by molar-refractivity contribution is 1.08. The zero-order valence-corrected chi connectivity index (χ0v) is 26.0. The van der Waals surface area contributed by atoms with E-state index in [1.165, 1.54) is 47.1 Å². The van der Waals surface area contributed by atoms with Crippen molar-refractivity contribution in [2.24, 2.45) is 0 Å². The van der Waals surface area contributed by atoms with Crippen molar-refractivity contribution in [2.75, 3.05) is 0 Å². The molecule has 0 spiro atoms. The second-order valence-electron chi connectivity index (χ2n) is 12.0. The summed E-state index contributed by atoms with van der Waals surface area (Å²) in [6.07, 6.45) is 0. The fourth-order valence-corrected chi connectivity index (χ4v) is 8.14. The van der Waals surface area contributed by atoms with E-state index < -0.39 is 0 Å². The molecule has 10 aromatic rings. The van der Waals surface area contributed by atoms with Gasteiger partial charge in [0.05, 0.1) is 0 Å². The largest absolute Gasteiger partial charge is 0.208 e. The highest BCUT2D eigenvalue weighted by molar-refractivity contribution is 7.26. The fourth-order valence-electron chi connectivity index (χ4n) is 7.00. The number of hydrogen-bond donors (Lipinski definition) is 0. The minimum absolute atomic E-state index is 0.661. The van der Waals surface area contributed by atoms with E-state index in [1.54, 1.807) is 0 Å². The number of hydrogen-bond acceptors (Lipinski definition) is 4. The summed E-state index contributed by atoms with van der Waals surface area (Å²) in [5, 5.41) is 12.2. The molecule has 0 aliphatic carbocycles. The third-order valence-electron chi connectivity index (χ3n) is 9.24. The Kier molecular flexibility index (Phi) is 5.74. The van der Waals surface area contributed by atoms with Gasteiger partial charge in [-0.15, -0.1) is 11.3 Å². The molecule has 10 rings (SSSR count). The van der Waals surface area contributed by atoms with Gasteiger partial charge in [-0.2, -0.15) is 0 Å². The van der Waals surface area contributed by atoms with Crippen molar-refractivity contribution in [1.29, 1.82) is 0 Å².